The van der Waals surface area contributed by atoms with Gasteiger partial charge in [0.1, 0.15) is 15.6 Å². The Balaban J connectivity index is 1.84. The Morgan fingerprint density at radius 1 is 1.33 bits per heavy atom. The van der Waals surface area contributed by atoms with E-state index in [0.717, 1.165) is 5.01 Å². The molecule has 0 unspecified atom stereocenters. The van der Waals surface area contributed by atoms with E-state index in [1.807, 2.05) is 25.3 Å². The van der Waals surface area contributed by atoms with Gasteiger partial charge in [-0.1, -0.05) is 19.9 Å². The maximum Gasteiger partial charge on any atom is 0.360 e. The fourth-order valence-electron chi connectivity index (χ4n) is 2.45. The molecule has 3 heterocycles. The van der Waals surface area contributed by atoms with Gasteiger partial charge in [-0.25, -0.2) is 14.8 Å². The molecule has 0 aliphatic carbocycles. The Morgan fingerprint density at radius 2 is 2.11 bits per heavy atom. The maximum atomic E-state index is 12.4. The van der Waals surface area contributed by atoms with Crippen LogP contribution >= 0.6 is 22.7 Å². The second kappa shape index (κ2) is 8.01. The highest BCUT2D eigenvalue weighted by atomic mass is 32.1. The topological polar surface area (TPSA) is 94.3 Å². The molecular formula is C18H19N3O4S2. The predicted octanol–water partition coefficient (Wildman–Crippen LogP) is 4.08. The summed E-state index contributed by atoms with van der Waals surface area (Å²) in [5, 5.41) is 5.65. The van der Waals surface area contributed by atoms with E-state index in [9.17, 15) is 9.59 Å². The number of hydrogen-bond acceptors (Lipinski definition) is 8. The van der Waals surface area contributed by atoms with Crippen molar-refractivity contribution in [3.63, 3.8) is 0 Å². The van der Waals surface area contributed by atoms with Gasteiger partial charge in [0.2, 0.25) is 5.89 Å². The number of aromatic nitrogens is 2. The van der Waals surface area contributed by atoms with Gasteiger partial charge in [0.25, 0.3) is 5.91 Å². The highest BCUT2D eigenvalue weighted by Crippen LogP contribution is 2.33. The van der Waals surface area contributed by atoms with E-state index in [-0.39, 0.29) is 23.6 Å². The molecule has 1 amide bonds. The summed E-state index contributed by atoms with van der Waals surface area (Å²) in [4.78, 5) is 34.1. The number of nitrogens with one attached hydrogen (secondary N) is 1. The third-order valence-electron chi connectivity index (χ3n) is 3.87. The quantitative estimate of drug-likeness (QED) is 0.621. The minimum Gasteiger partial charge on any atom is -0.464 e. The molecule has 7 nitrogen and oxygen atoms in total. The molecule has 142 valence electrons. The van der Waals surface area contributed by atoms with Crippen molar-refractivity contribution in [1.29, 1.82) is 0 Å². The maximum absolute atomic E-state index is 12.4. The zero-order chi connectivity index (χ0) is 19.6. The van der Waals surface area contributed by atoms with Gasteiger partial charge in [0.05, 0.1) is 24.2 Å². The summed E-state index contributed by atoms with van der Waals surface area (Å²) in [5.41, 5.74) is 0.147. The summed E-state index contributed by atoms with van der Waals surface area (Å²) in [7, 11) is 1.30. The van der Waals surface area contributed by atoms with E-state index in [4.69, 9.17) is 9.15 Å². The van der Waals surface area contributed by atoms with Gasteiger partial charge in [-0.2, -0.15) is 0 Å². The lowest BCUT2D eigenvalue weighted by Crippen LogP contribution is -2.31. The molecule has 0 saturated heterocycles. The van der Waals surface area contributed by atoms with Crippen LogP contribution in [0, 0.1) is 12.8 Å². The van der Waals surface area contributed by atoms with Crippen LogP contribution in [-0.4, -0.2) is 29.0 Å². The van der Waals surface area contributed by atoms with E-state index in [1.165, 1.54) is 29.8 Å². The van der Waals surface area contributed by atoms with Crippen LogP contribution in [0.2, 0.25) is 0 Å². The Kier molecular flexibility index (Phi) is 5.71. The van der Waals surface area contributed by atoms with E-state index in [0.29, 0.717) is 21.4 Å². The van der Waals surface area contributed by atoms with Crippen molar-refractivity contribution < 1.29 is 18.7 Å². The molecule has 9 heteroatoms. The third-order valence-corrected chi connectivity index (χ3v) is 5.81. The number of carbonyl (C=O) groups excluding carboxylic acids is 2. The molecule has 1 N–H and O–H groups in total. The zero-order valence-corrected chi connectivity index (χ0v) is 16.9. The number of thiophene rings is 1. The molecule has 0 bridgehead atoms. The zero-order valence-electron chi connectivity index (χ0n) is 15.3. The van der Waals surface area contributed by atoms with Crippen LogP contribution in [0.15, 0.2) is 28.1 Å². The number of oxazole rings is 1. The number of hydrogen-bond donors (Lipinski definition) is 1. The summed E-state index contributed by atoms with van der Waals surface area (Å²) in [6.45, 7) is 5.69. The molecular weight excluding hydrogens is 386 g/mol. The molecule has 0 radical (unpaired) electrons. The number of methoxy groups -OCH3 is 1. The molecule has 0 aliphatic rings. The number of thiazole rings is 1. The molecule has 1 atom stereocenters. The fourth-order valence-corrected chi connectivity index (χ4v) is 4.15. The highest BCUT2D eigenvalue weighted by Gasteiger charge is 2.25. The summed E-state index contributed by atoms with van der Waals surface area (Å²) < 4.78 is 10.3. The molecule has 3 aromatic heterocycles. The van der Waals surface area contributed by atoms with Crippen LogP contribution in [0.5, 0.6) is 0 Å². The molecule has 3 aromatic rings. The van der Waals surface area contributed by atoms with Crippen molar-refractivity contribution in [2.75, 3.05) is 7.11 Å². The molecule has 0 spiro atoms. The molecule has 0 aliphatic heterocycles. The number of aryl methyl sites for hydroxylation is 1. The number of rotatable bonds is 6. The van der Waals surface area contributed by atoms with Gasteiger partial charge in [0.15, 0.2) is 5.69 Å². The highest BCUT2D eigenvalue weighted by molar-refractivity contribution is 7.15. The van der Waals surface area contributed by atoms with Crippen molar-refractivity contribution in [2.45, 2.75) is 26.8 Å². The van der Waals surface area contributed by atoms with Crippen LogP contribution in [0.1, 0.15) is 50.8 Å². The second-order valence-corrected chi connectivity index (χ2v) is 8.16. The van der Waals surface area contributed by atoms with Crippen molar-refractivity contribution in [1.82, 2.24) is 15.3 Å². The van der Waals surface area contributed by atoms with E-state index in [1.54, 1.807) is 19.2 Å². The van der Waals surface area contributed by atoms with Crippen molar-refractivity contribution >= 4 is 34.6 Å². The number of ether oxygens (including phenoxy) is 1. The summed E-state index contributed by atoms with van der Waals surface area (Å²) in [6, 6.07) is 3.39. The van der Waals surface area contributed by atoms with Crippen LogP contribution in [-0.2, 0) is 4.74 Å². The van der Waals surface area contributed by atoms with Crippen LogP contribution < -0.4 is 5.32 Å². The molecule has 3 rings (SSSR count). The monoisotopic (exact) mass is 405 g/mol. The molecule has 0 saturated carbocycles. The van der Waals surface area contributed by atoms with Crippen molar-refractivity contribution in [2.24, 2.45) is 5.92 Å². The van der Waals surface area contributed by atoms with Crippen molar-refractivity contribution in [3.8, 4) is 10.8 Å². The molecule has 0 fully saturated rings. The first-order valence-corrected chi connectivity index (χ1v) is 9.96. The van der Waals surface area contributed by atoms with Crippen LogP contribution in [0.3, 0.4) is 0 Å². The SMILES string of the molecule is COC(=O)c1nc(-c2cnc([C@@H](NC(=O)c3cccs3)C(C)C)s2)oc1C. The Bertz CT molecular complexity index is 944. The lowest BCUT2D eigenvalue weighted by Gasteiger charge is -2.19. The minimum atomic E-state index is -0.546. The fraction of sp³-hybridized carbons (Fsp3) is 0.333. The van der Waals surface area contributed by atoms with Gasteiger partial charge < -0.3 is 14.5 Å². The molecule has 27 heavy (non-hydrogen) atoms. The number of esters is 1. The van der Waals surface area contributed by atoms with Gasteiger partial charge in [-0.15, -0.1) is 22.7 Å². The van der Waals surface area contributed by atoms with Gasteiger partial charge in [-0.05, 0) is 24.3 Å². The number of carbonyl (C=O) groups is 2. The van der Waals surface area contributed by atoms with E-state index < -0.39 is 5.97 Å². The minimum absolute atomic E-state index is 0.125. The van der Waals surface area contributed by atoms with E-state index in [2.05, 4.69) is 15.3 Å². The average molecular weight is 406 g/mol. The van der Waals surface area contributed by atoms with Gasteiger partial charge in [0, 0.05) is 0 Å². The molecule has 0 aromatic carbocycles. The average Bonchev–Trinajstić information content (AvgIpc) is 3.38. The lowest BCUT2D eigenvalue weighted by atomic mass is 10.1. The second-order valence-electron chi connectivity index (χ2n) is 6.15. The van der Waals surface area contributed by atoms with Gasteiger partial charge >= 0.3 is 5.97 Å². The Labute approximate surface area is 164 Å². The first-order chi connectivity index (χ1) is 12.9. The summed E-state index contributed by atoms with van der Waals surface area (Å²) in [5.74, 6) is 0.169. The number of nitrogens with zero attached hydrogens (tertiary/aromatic N) is 2. The first-order valence-electron chi connectivity index (χ1n) is 8.27. The standard InChI is InChI=1S/C18H19N3O4S2/c1-9(2)13(20-15(22)11-6-5-7-26-11)17-19-8-12(27-17)16-21-14(10(3)25-16)18(23)24-4/h5-9,13H,1-4H3,(H,20,22)/t13-/m0/s1. The predicted molar refractivity (Wildman–Crippen MR) is 103 cm³/mol. The van der Waals surface area contributed by atoms with Crippen molar-refractivity contribution in [3.05, 3.63) is 45.0 Å². The normalized spacial score (nSPS) is 12.2. The summed E-state index contributed by atoms with van der Waals surface area (Å²) >= 11 is 2.77. The summed E-state index contributed by atoms with van der Waals surface area (Å²) in [6.07, 6.45) is 1.64. The smallest absolute Gasteiger partial charge is 0.360 e. The Morgan fingerprint density at radius 3 is 2.74 bits per heavy atom. The first kappa shape index (κ1) is 19.2. The Hall–Kier alpha value is -2.52. The third kappa shape index (κ3) is 4.09. The van der Waals surface area contributed by atoms with Gasteiger partial charge in [-0.3, -0.25) is 4.79 Å². The largest absolute Gasteiger partial charge is 0.464 e. The van der Waals surface area contributed by atoms with Crippen LogP contribution in [0.4, 0.5) is 0 Å². The van der Waals surface area contributed by atoms with E-state index >= 15 is 0 Å². The lowest BCUT2D eigenvalue weighted by molar-refractivity contribution is 0.0592. The van der Waals surface area contributed by atoms with Crippen LogP contribution in [0.25, 0.3) is 10.8 Å². The number of amides is 1.